The van der Waals surface area contributed by atoms with Crippen LogP contribution in [0.4, 0.5) is 0 Å². The zero-order valence-electron chi connectivity index (χ0n) is 24.9. The molecule has 0 aromatic heterocycles. The fourth-order valence-electron chi connectivity index (χ4n) is 5.24. The standard InChI is InChI=1S/C42H30O4/c43-42-40(31-18-24-38(25-19-31)45-35-12-6-2-7-13-35)28-33(30-16-22-37(23-17-30)44-34-10-4-1-5-11-34)29-41(42)32-20-26-39(27-21-32)46-36-14-8-3-9-15-36/h1-29,43H. The normalized spacial score (nSPS) is 10.7. The molecule has 0 aliphatic carbocycles. The molecule has 46 heavy (non-hydrogen) atoms. The van der Waals surface area contributed by atoms with Crippen molar-refractivity contribution in [2.45, 2.75) is 0 Å². The van der Waals surface area contributed by atoms with E-state index in [2.05, 4.69) is 0 Å². The minimum Gasteiger partial charge on any atom is -0.507 e. The first kappa shape index (κ1) is 28.5. The van der Waals surface area contributed by atoms with Crippen molar-refractivity contribution in [1.82, 2.24) is 0 Å². The van der Waals surface area contributed by atoms with Gasteiger partial charge >= 0.3 is 0 Å². The molecule has 0 radical (unpaired) electrons. The first-order chi connectivity index (χ1) is 22.7. The van der Waals surface area contributed by atoms with Gasteiger partial charge in [0.2, 0.25) is 0 Å². The molecule has 0 aliphatic heterocycles. The topological polar surface area (TPSA) is 47.9 Å². The molecule has 7 aromatic carbocycles. The number of rotatable bonds is 9. The summed E-state index contributed by atoms with van der Waals surface area (Å²) in [6, 6.07) is 56.6. The highest BCUT2D eigenvalue weighted by atomic mass is 16.5. The maximum absolute atomic E-state index is 11.7. The number of ether oxygens (including phenoxy) is 3. The maximum Gasteiger partial charge on any atom is 0.131 e. The third-order valence-electron chi connectivity index (χ3n) is 7.56. The van der Waals surface area contributed by atoms with Gasteiger partial charge < -0.3 is 19.3 Å². The highest BCUT2D eigenvalue weighted by Crippen LogP contribution is 2.43. The molecule has 7 aromatic rings. The molecular weight excluding hydrogens is 568 g/mol. The Labute approximate surface area is 268 Å². The van der Waals surface area contributed by atoms with Crippen molar-refractivity contribution >= 4 is 0 Å². The number of hydrogen-bond acceptors (Lipinski definition) is 4. The van der Waals surface area contributed by atoms with E-state index in [4.69, 9.17) is 14.2 Å². The number of aromatic hydroxyl groups is 1. The molecule has 0 heterocycles. The lowest BCUT2D eigenvalue weighted by molar-refractivity contribution is 0.478. The summed E-state index contributed by atoms with van der Waals surface area (Å²) in [5.41, 5.74) is 5.13. The molecule has 1 N–H and O–H groups in total. The summed E-state index contributed by atoms with van der Waals surface area (Å²) >= 11 is 0. The average molecular weight is 599 g/mol. The molecule has 0 amide bonds. The highest BCUT2D eigenvalue weighted by molar-refractivity contribution is 5.88. The van der Waals surface area contributed by atoms with Gasteiger partial charge in [-0.25, -0.2) is 0 Å². The number of hydrogen-bond donors (Lipinski definition) is 1. The summed E-state index contributed by atoms with van der Waals surface area (Å²) < 4.78 is 18.0. The maximum atomic E-state index is 11.7. The van der Waals surface area contributed by atoms with Gasteiger partial charge in [0.1, 0.15) is 40.2 Å². The van der Waals surface area contributed by atoms with Gasteiger partial charge in [-0.2, -0.15) is 0 Å². The van der Waals surface area contributed by atoms with Crippen LogP contribution in [0.3, 0.4) is 0 Å². The number of phenols is 1. The van der Waals surface area contributed by atoms with Gasteiger partial charge in [0.05, 0.1) is 0 Å². The summed E-state index contributed by atoms with van der Waals surface area (Å²) in [4.78, 5) is 0. The van der Waals surface area contributed by atoms with Crippen molar-refractivity contribution in [1.29, 1.82) is 0 Å². The highest BCUT2D eigenvalue weighted by Gasteiger charge is 2.16. The molecule has 0 bridgehead atoms. The summed E-state index contributed by atoms with van der Waals surface area (Å²) in [5.74, 6) is 4.69. The van der Waals surface area contributed by atoms with Crippen molar-refractivity contribution in [2.24, 2.45) is 0 Å². The van der Waals surface area contributed by atoms with Gasteiger partial charge in [-0.15, -0.1) is 0 Å². The van der Waals surface area contributed by atoms with E-state index in [1.165, 1.54) is 0 Å². The van der Waals surface area contributed by atoms with E-state index in [1.54, 1.807) is 0 Å². The summed E-state index contributed by atoms with van der Waals surface area (Å²) in [5, 5.41) is 11.7. The fraction of sp³-hybridized carbons (Fsp3) is 0. The SMILES string of the molecule is Oc1c(-c2ccc(Oc3ccccc3)cc2)cc(-c2ccc(Oc3ccccc3)cc2)cc1-c1ccc(Oc2ccccc2)cc1. The minimum absolute atomic E-state index is 0.196. The number of benzene rings is 7. The van der Waals surface area contributed by atoms with Gasteiger partial charge in [-0.05, 0) is 107 Å². The molecule has 4 heteroatoms. The van der Waals surface area contributed by atoms with Crippen LogP contribution in [-0.2, 0) is 0 Å². The second-order valence-electron chi connectivity index (χ2n) is 10.7. The zero-order valence-corrected chi connectivity index (χ0v) is 24.9. The Morgan fingerprint density at radius 2 is 0.565 bits per heavy atom. The second kappa shape index (κ2) is 13.2. The first-order valence-corrected chi connectivity index (χ1v) is 15.0. The van der Waals surface area contributed by atoms with Crippen LogP contribution in [0.15, 0.2) is 176 Å². The van der Waals surface area contributed by atoms with Crippen LogP contribution in [0.5, 0.6) is 40.2 Å². The van der Waals surface area contributed by atoms with Gasteiger partial charge in [0.25, 0.3) is 0 Å². The monoisotopic (exact) mass is 598 g/mol. The Hall–Kier alpha value is -6.26. The van der Waals surface area contributed by atoms with Crippen molar-refractivity contribution in [2.75, 3.05) is 0 Å². The molecule has 0 fully saturated rings. The fourth-order valence-corrected chi connectivity index (χ4v) is 5.24. The largest absolute Gasteiger partial charge is 0.507 e. The predicted molar refractivity (Wildman–Crippen MR) is 184 cm³/mol. The molecule has 0 aliphatic rings. The van der Waals surface area contributed by atoms with Crippen molar-refractivity contribution in [3.8, 4) is 73.6 Å². The summed E-state index contributed by atoms with van der Waals surface area (Å²) in [6.45, 7) is 0. The molecule has 0 saturated carbocycles. The molecule has 0 saturated heterocycles. The second-order valence-corrected chi connectivity index (χ2v) is 10.7. The van der Waals surface area contributed by atoms with Crippen LogP contribution < -0.4 is 14.2 Å². The minimum atomic E-state index is 0.196. The molecule has 222 valence electrons. The molecule has 4 nitrogen and oxygen atoms in total. The Morgan fingerprint density at radius 3 is 0.891 bits per heavy atom. The van der Waals surface area contributed by atoms with E-state index >= 15 is 0 Å². The quantitative estimate of drug-likeness (QED) is 0.180. The predicted octanol–water partition coefficient (Wildman–Crippen LogP) is 11.8. The molecule has 0 spiro atoms. The summed E-state index contributed by atoms with van der Waals surface area (Å²) in [7, 11) is 0. The Morgan fingerprint density at radius 1 is 0.283 bits per heavy atom. The van der Waals surface area contributed by atoms with E-state index in [0.29, 0.717) is 22.6 Å². The first-order valence-electron chi connectivity index (χ1n) is 15.0. The lowest BCUT2D eigenvalue weighted by Gasteiger charge is -2.16. The average Bonchev–Trinajstić information content (AvgIpc) is 3.11. The zero-order chi connectivity index (χ0) is 31.1. The molecule has 0 unspecified atom stereocenters. The number of para-hydroxylation sites is 3. The van der Waals surface area contributed by atoms with Crippen molar-refractivity contribution < 1.29 is 19.3 Å². The van der Waals surface area contributed by atoms with Crippen LogP contribution in [0.1, 0.15) is 0 Å². The third-order valence-corrected chi connectivity index (χ3v) is 7.56. The molecule has 7 rings (SSSR count). The van der Waals surface area contributed by atoms with Gasteiger partial charge in [0, 0.05) is 11.1 Å². The Balaban J connectivity index is 1.24. The number of phenolic OH excluding ortho intramolecular Hbond substituents is 1. The van der Waals surface area contributed by atoms with E-state index in [0.717, 1.165) is 45.3 Å². The lowest BCUT2D eigenvalue weighted by Crippen LogP contribution is -1.90. The van der Waals surface area contributed by atoms with Crippen molar-refractivity contribution in [3.63, 3.8) is 0 Å². The van der Waals surface area contributed by atoms with Crippen LogP contribution in [0.2, 0.25) is 0 Å². The van der Waals surface area contributed by atoms with Gasteiger partial charge in [0.15, 0.2) is 0 Å². The van der Waals surface area contributed by atoms with Gasteiger partial charge in [-0.1, -0.05) is 91.0 Å². The Kier molecular flexibility index (Phi) is 8.16. The van der Waals surface area contributed by atoms with Gasteiger partial charge in [-0.3, -0.25) is 0 Å². The van der Waals surface area contributed by atoms with Crippen molar-refractivity contribution in [3.05, 3.63) is 176 Å². The van der Waals surface area contributed by atoms with Crippen LogP contribution in [0, 0.1) is 0 Å². The van der Waals surface area contributed by atoms with Crippen LogP contribution >= 0.6 is 0 Å². The Bertz CT molecular complexity index is 1920. The third kappa shape index (κ3) is 6.62. The van der Waals surface area contributed by atoms with E-state index in [-0.39, 0.29) is 5.75 Å². The molecule has 0 atom stereocenters. The van der Waals surface area contributed by atoms with Crippen LogP contribution in [0.25, 0.3) is 33.4 Å². The lowest BCUT2D eigenvalue weighted by atomic mass is 9.92. The van der Waals surface area contributed by atoms with E-state index in [1.807, 2.05) is 176 Å². The van der Waals surface area contributed by atoms with E-state index in [9.17, 15) is 5.11 Å². The van der Waals surface area contributed by atoms with E-state index < -0.39 is 0 Å². The summed E-state index contributed by atoms with van der Waals surface area (Å²) in [6.07, 6.45) is 0. The van der Waals surface area contributed by atoms with Crippen LogP contribution in [-0.4, -0.2) is 5.11 Å². The smallest absolute Gasteiger partial charge is 0.131 e. The molecular formula is C42H30O4.